The van der Waals surface area contributed by atoms with Gasteiger partial charge >= 0.3 is 0 Å². The van der Waals surface area contributed by atoms with Crippen molar-refractivity contribution in [2.75, 3.05) is 18.0 Å². The molecule has 0 radical (unpaired) electrons. The first kappa shape index (κ1) is 12.2. The molecule has 1 heterocycles. The monoisotopic (exact) mass is 235 g/mol. The minimum Gasteiger partial charge on any atom is -0.330 e. The van der Waals surface area contributed by atoms with Crippen LogP contribution in [0, 0.1) is 22.7 Å². The van der Waals surface area contributed by atoms with Crippen molar-refractivity contribution in [1.29, 1.82) is 10.5 Å². The van der Waals surface area contributed by atoms with Gasteiger partial charge in [-0.3, -0.25) is 0 Å². The first-order valence-corrected chi connectivity index (χ1v) is 5.11. The highest BCUT2D eigenvalue weighted by atomic mass is 35.5. The lowest BCUT2D eigenvalue weighted by Crippen LogP contribution is -2.25. The Balaban J connectivity index is 3.04. The number of hydrogen-bond acceptors (Lipinski definition) is 5. The van der Waals surface area contributed by atoms with Crippen LogP contribution in [0.5, 0.6) is 0 Å². The Kier molecular flexibility index (Phi) is 4.50. The van der Waals surface area contributed by atoms with Gasteiger partial charge < -0.3 is 4.90 Å². The number of halogens is 1. The molecule has 6 heteroatoms. The van der Waals surface area contributed by atoms with Crippen LogP contribution in [0.15, 0.2) is 6.07 Å². The molecule has 0 saturated carbocycles. The van der Waals surface area contributed by atoms with E-state index in [1.54, 1.807) is 11.0 Å². The lowest BCUT2D eigenvalue weighted by atomic mass is 10.4. The second-order valence-corrected chi connectivity index (χ2v) is 3.38. The number of aromatic nitrogens is 2. The molecule has 1 rings (SSSR count). The SMILES string of the molecule is CCc1nc(Cl)cc(N(CC#N)CC#N)n1. The van der Waals surface area contributed by atoms with Crippen molar-refractivity contribution >= 4 is 17.4 Å². The fraction of sp³-hybridized carbons (Fsp3) is 0.400. The zero-order valence-corrected chi connectivity index (χ0v) is 9.57. The van der Waals surface area contributed by atoms with Crippen molar-refractivity contribution in [1.82, 2.24) is 9.97 Å². The summed E-state index contributed by atoms with van der Waals surface area (Å²) in [7, 11) is 0. The summed E-state index contributed by atoms with van der Waals surface area (Å²) >= 11 is 5.83. The molecule has 0 atom stereocenters. The third kappa shape index (κ3) is 3.08. The largest absolute Gasteiger partial charge is 0.330 e. The maximum absolute atomic E-state index is 8.64. The summed E-state index contributed by atoms with van der Waals surface area (Å²) in [6.45, 7) is 2.11. The Labute approximate surface area is 98.9 Å². The van der Waals surface area contributed by atoms with Gasteiger partial charge in [0.25, 0.3) is 0 Å². The molecule has 0 N–H and O–H groups in total. The lowest BCUT2D eigenvalue weighted by molar-refractivity contribution is 0.878. The van der Waals surface area contributed by atoms with E-state index in [1.165, 1.54) is 0 Å². The van der Waals surface area contributed by atoms with Crippen LogP contribution in [0.4, 0.5) is 5.82 Å². The van der Waals surface area contributed by atoms with Crippen LogP contribution in [0.25, 0.3) is 0 Å². The van der Waals surface area contributed by atoms with E-state index >= 15 is 0 Å². The fourth-order valence-electron chi connectivity index (χ4n) is 1.16. The zero-order chi connectivity index (χ0) is 12.0. The van der Waals surface area contributed by atoms with E-state index in [0.717, 1.165) is 0 Å². The third-order valence-corrected chi connectivity index (χ3v) is 2.08. The standard InChI is InChI=1S/C10H10ClN5/c1-2-9-14-8(11)7-10(15-9)16(5-3-12)6-4-13/h7H,2,5-6H2,1H3. The fourth-order valence-corrected chi connectivity index (χ4v) is 1.36. The predicted octanol–water partition coefficient (Wildman–Crippen LogP) is 1.55. The molecule has 0 aliphatic heterocycles. The Morgan fingerprint density at radius 1 is 1.31 bits per heavy atom. The number of nitrogens with zero attached hydrogens (tertiary/aromatic N) is 5. The Hall–Kier alpha value is -1.85. The summed E-state index contributed by atoms with van der Waals surface area (Å²) in [4.78, 5) is 9.78. The van der Waals surface area contributed by atoms with Crippen molar-refractivity contribution in [2.45, 2.75) is 13.3 Å². The Morgan fingerprint density at radius 3 is 2.44 bits per heavy atom. The molecule has 1 aromatic heterocycles. The summed E-state index contributed by atoms with van der Waals surface area (Å²) in [6.07, 6.45) is 0.653. The van der Waals surface area contributed by atoms with Crippen LogP contribution >= 0.6 is 11.6 Å². The van der Waals surface area contributed by atoms with Crippen LogP contribution < -0.4 is 4.90 Å². The zero-order valence-electron chi connectivity index (χ0n) is 8.81. The quantitative estimate of drug-likeness (QED) is 0.585. The number of anilines is 1. The average molecular weight is 236 g/mol. The van der Waals surface area contributed by atoms with Gasteiger partial charge in [0.05, 0.1) is 12.1 Å². The Bertz CT molecular complexity index is 430. The summed E-state index contributed by atoms with van der Waals surface area (Å²) in [5.41, 5.74) is 0. The summed E-state index contributed by atoms with van der Waals surface area (Å²) in [6, 6.07) is 5.51. The smallest absolute Gasteiger partial charge is 0.135 e. The van der Waals surface area contributed by atoms with E-state index in [9.17, 15) is 0 Å². The van der Waals surface area contributed by atoms with Gasteiger partial charge in [0.15, 0.2) is 0 Å². The van der Waals surface area contributed by atoms with Gasteiger partial charge in [-0.2, -0.15) is 10.5 Å². The van der Waals surface area contributed by atoms with E-state index < -0.39 is 0 Å². The minimum atomic E-state index is 0.101. The molecule has 82 valence electrons. The normalized spacial score (nSPS) is 9.25. The average Bonchev–Trinajstić information content (AvgIpc) is 2.28. The van der Waals surface area contributed by atoms with E-state index in [4.69, 9.17) is 22.1 Å². The van der Waals surface area contributed by atoms with Gasteiger partial charge in [0, 0.05) is 12.5 Å². The van der Waals surface area contributed by atoms with Gasteiger partial charge in [-0.25, -0.2) is 9.97 Å². The molecule has 0 unspecified atom stereocenters. The minimum absolute atomic E-state index is 0.101. The van der Waals surface area contributed by atoms with Crippen LogP contribution in [0.3, 0.4) is 0 Å². The van der Waals surface area contributed by atoms with Gasteiger partial charge in [-0.1, -0.05) is 18.5 Å². The molecule has 0 amide bonds. The molecule has 0 aliphatic rings. The third-order valence-electron chi connectivity index (χ3n) is 1.89. The van der Waals surface area contributed by atoms with E-state index in [0.29, 0.717) is 23.2 Å². The highest BCUT2D eigenvalue weighted by Crippen LogP contribution is 2.15. The summed E-state index contributed by atoms with van der Waals surface area (Å²) in [5.74, 6) is 1.11. The van der Waals surface area contributed by atoms with E-state index in [-0.39, 0.29) is 13.1 Å². The molecule has 0 fully saturated rings. The van der Waals surface area contributed by atoms with E-state index in [1.807, 2.05) is 19.1 Å². The molecule has 1 aromatic rings. The molecule has 0 aliphatic carbocycles. The van der Waals surface area contributed by atoms with E-state index in [2.05, 4.69) is 9.97 Å². The molecular formula is C10H10ClN5. The van der Waals surface area contributed by atoms with Crippen molar-refractivity contribution in [2.24, 2.45) is 0 Å². The first-order chi connectivity index (χ1) is 7.71. The molecular weight excluding hydrogens is 226 g/mol. The van der Waals surface area contributed by atoms with Crippen molar-refractivity contribution in [3.05, 3.63) is 17.0 Å². The second-order valence-electron chi connectivity index (χ2n) is 2.99. The molecule has 0 saturated heterocycles. The number of hydrogen-bond donors (Lipinski definition) is 0. The van der Waals surface area contributed by atoms with Crippen molar-refractivity contribution in [3.8, 4) is 12.1 Å². The first-order valence-electron chi connectivity index (χ1n) is 4.73. The van der Waals surface area contributed by atoms with Crippen molar-refractivity contribution < 1.29 is 0 Å². The van der Waals surface area contributed by atoms with Crippen LogP contribution in [0.2, 0.25) is 5.15 Å². The lowest BCUT2D eigenvalue weighted by Gasteiger charge is -2.17. The molecule has 0 bridgehead atoms. The highest BCUT2D eigenvalue weighted by molar-refractivity contribution is 6.29. The highest BCUT2D eigenvalue weighted by Gasteiger charge is 2.09. The van der Waals surface area contributed by atoms with Crippen molar-refractivity contribution in [3.63, 3.8) is 0 Å². The van der Waals surface area contributed by atoms with Gasteiger partial charge in [0.1, 0.15) is 29.9 Å². The summed E-state index contributed by atoms with van der Waals surface area (Å²) < 4.78 is 0. The Morgan fingerprint density at radius 2 is 1.94 bits per heavy atom. The van der Waals surface area contributed by atoms with Gasteiger partial charge in [-0.15, -0.1) is 0 Å². The maximum atomic E-state index is 8.64. The van der Waals surface area contributed by atoms with Gasteiger partial charge in [-0.05, 0) is 0 Å². The predicted molar refractivity (Wildman–Crippen MR) is 59.9 cm³/mol. The second kappa shape index (κ2) is 5.89. The molecule has 0 spiro atoms. The molecule has 16 heavy (non-hydrogen) atoms. The number of rotatable bonds is 4. The van der Waals surface area contributed by atoms with Crippen LogP contribution in [-0.4, -0.2) is 23.1 Å². The molecule has 0 aromatic carbocycles. The maximum Gasteiger partial charge on any atom is 0.135 e. The van der Waals surface area contributed by atoms with Crippen LogP contribution in [-0.2, 0) is 6.42 Å². The number of aryl methyl sites for hydroxylation is 1. The summed E-state index contributed by atoms with van der Waals surface area (Å²) in [5, 5.41) is 17.6. The molecule has 5 nitrogen and oxygen atoms in total. The van der Waals surface area contributed by atoms with Gasteiger partial charge in [0.2, 0.25) is 0 Å². The topological polar surface area (TPSA) is 76.6 Å². The van der Waals surface area contributed by atoms with Crippen LogP contribution in [0.1, 0.15) is 12.7 Å². The number of nitriles is 2.